The van der Waals surface area contributed by atoms with Crippen LogP contribution in [-0.2, 0) is 9.59 Å². The summed E-state index contributed by atoms with van der Waals surface area (Å²) in [5, 5.41) is 6.24. The first kappa shape index (κ1) is 35.4. The van der Waals surface area contributed by atoms with Gasteiger partial charge in [-0.2, -0.15) is 0 Å². The van der Waals surface area contributed by atoms with Gasteiger partial charge in [0.15, 0.2) is 0 Å². The van der Waals surface area contributed by atoms with E-state index in [1.54, 1.807) is 12.2 Å². The molecule has 0 aromatic rings. The van der Waals surface area contributed by atoms with Crippen LogP contribution in [0.25, 0.3) is 0 Å². The number of hydrogen-bond acceptors (Lipinski definition) is 2. The highest BCUT2D eigenvalue weighted by atomic mass is 16.2. The van der Waals surface area contributed by atoms with Crippen LogP contribution in [0.15, 0.2) is 24.3 Å². The van der Waals surface area contributed by atoms with E-state index in [9.17, 15) is 9.59 Å². The van der Waals surface area contributed by atoms with Crippen molar-refractivity contribution in [2.75, 3.05) is 0 Å². The van der Waals surface area contributed by atoms with Crippen LogP contribution in [0.4, 0.5) is 0 Å². The number of unbranched alkanes of at least 4 members (excludes halogenated alkanes) is 20. The molecule has 1 fully saturated rings. The lowest BCUT2D eigenvalue weighted by atomic mass is 10.1. The fraction of sp³-hybridized carbons (Fsp3) is 0.829. The zero-order valence-electron chi connectivity index (χ0n) is 26.0. The molecular weight excluding hydrogens is 480 g/mol. The monoisotopic (exact) mass is 544 g/mol. The molecule has 0 radical (unpaired) electrons. The Balaban J connectivity index is 1.97. The summed E-state index contributed by atoms with van der Waals surface area (Å²) in [4.78, 5) is 24.5. The molecule has 1 rings (SSSR count). The number of allylic oxidation sites excluding steroid dienone is 2. The maximum absolute atomic E-state index is 12.3. The first-order valence-electron chi connectivity index (χ1n) is 17.1. The molecule has 0 aromatic carbocycles. The van der Waals surface area contributed by atoms with Gasteiger partial charge in [-0.3, -0.25) is 9.59 Å². The van der Waals surface area contributed by atoms with Crippen molar-refractivity contribution >= 4 is 11.8 Å². The van der Waals surface area contributed by atoms with Crippen LogP contribution < -0.4 is 10.6 Å². The normalized spacial score (nSPS) is 17.4. The van der Waals surface area contributed by atoms with Crippen LogP contribution in [0, 0.1) is 0 Å². The lowest BCUT2D eigenvalue weighted by Gasteiger charge is -2.13. The summed E-state index contributed by atoms with van der Waals surface area (Å²) in [6.07, 6.45) is 38.9. The lowest BCUT2D eigenvalue weighted by Crippen LogP contribution is -2.36. The minimum atomic E-state index is 0.00967. The highest BCUT2D eigenvalue weighted by Gasteiger charge is 2.26. The van der Waals surface area contributed by atoms with Gasteiger partial charge in [0.1, 0.15) is 0 Å². The van der Waals surface area contributed by atoms with Crippen LogP contribution in [0.5, 0.6) is 0 Å². The van der Waals surface area contributed by atoms with Gasteiger partial charge in [0, 0.05) is 12.1 Å². The third kappa shape index (κ3) is 22.9. The average molecular weight is 545 g/mol. The molecule has 2 N–H and O–H groups in total. The maximum atomic E-state index is 12.3. The second-order valence-corrected chi connectivity index (χ2v) is 12.0. The Labute approximate surface area is 242 Å². The van der Waals surface area contributed by atoms with E-state index >= 15 is 0 Å². The van der Waals surface area contributed by atoms with E-state index in [1.807, 2.05) is 12.2 Å². The SMILES string of the molecule is CCCCCCCCCCCCC=CC(=O)NC1CCC(NC(=O)C=CCCCCCCCCCCCC)C1. The summed E-state index contributed by atoms with van der Waals surface area (Å²) < 4.78 is 0. The van der Waals surface area contributed by atoms with Gasteiger partial charge in [0.25, 0.3) is 0 Å². The Morgan fingerprint density at radius 3 is 1.15 bits per heavy atom. The van der Waals surface area contributed by atoms with Gasteiger partial charge in [-0.1, -0.05) is 142 Å². The number of nitrogens with one attached hydrogen (secondary N) is 2. The van der Waals surface area contributed by atoms with E-state index in [0.717, 1.165) is 32.1 Å². The summed E-state index contributed by atoms with van der Waals surface area (Å²) in [6, 6.07) is 0.334. The first-order chi connectivity index (χ1) is 19.2. The third-order valence-corrected chi connectivity index (χ3v) is 8.11. The molecular formula is C35H64N2O2. The van der Waals surface area contributed by atoms with Crippen molar-refractivity contribution < 1.29 is 9.59 Å². The number of carbonyl (C=O) groups is 2. The molecule has 0 aromatic heterocycles. The maximum Gasteiger partial charge on any atom is 0.243 e. The molecule has 1 aliphatic carbocycles. The molecule has 1 saturated carbocycles. The molecule has 0 aliphatic heterocycles. The number of amides is 2. The van der Waals surface area contributed by atoms with Crippen LogP contribution in [0.3, 0.4) is 0 Å². The van der Waals surface area contributed by atoms with Crippen molar-refractivity contribution in [3.8, 4) is 0 Å². The fourth-order valence-corrected chi connectivity index (χ4v) is 5.62. The van der Waals surface area contributed by atoms with Gasteiger partial charge in [0.05, 0.1) is 0 Å². The van der Waals surface area contributed by atoms with Gasteiger partial charge >= 0.3 is 0 Å². The largest absolute Gasteiger partial charge is 0.350 e. The number of hydrogen-bond donors (Lipinski definition) is 2. The zero-order chi connectivity index (χ0) is 28.2. The van der Waals surface area contributed by atoms with Crippen molar-refractivity contribution in [3.05, 3.63) is 24.3 Å². The van der Waals surface area contributed by atoms with Crippen LogP contribution in [0.2, 0.25) is 0 Å². The Kier molecular flexibility index (Phi) is 24.2. The van der Waals surface area contributed by atoms with E-state index in [1.165, 1.54) is 128 Å². The predicted molar refractivity (Wildman–Crippen MR) is 169 cm³/mol. The topological polar surface area (TPSA) is 58.2 Å². The van der Waals surface area contributed by atoms with Crippen molar-refractivity contribution in [1.82, 2.24) is 10.6 Å². The van der Waals surface area contributed by atoms with Gasteiger partial charge in [-0.05, 0) is 57.1 Å². The molecule has 2 amide bonds. The summed E-state index contributed by atoms with van der Waals surface area (Å²) in [6.45, 7) is 4.53. The Bertz CT molecular complexity index is 589. The molecule has 4 nitrogen and oxygen atoms in total. The molecule has 0 spiro atoms. The van der Waals surface area contributed by atoms with E-state index in [-0.39, 0.29) is 23.9 Å². The van der Waals surface area contributed by atoms with E-state index in [2.05, 4.69) is 24.5 Å². The van der Waals surface area contributed by atoms with Crippen LogP contribution in [-0.4, -0.2) is 23.9 Å². The highest BCUT2D eigenvalue weighted by molar-refractivity contribution is 5.88. The molecule has 226 valence electrons. The third-order valence-electron chi connectivity index (χ3n) is 8.11. The highest BCUT2D eigenvalue weighted by Crippen LogP contribution is 2.19. The van der Waals surface area contributed by atoms with Gasteiger partial charge in [-0.25, -0.2) is 0 Å². The summed E-state index contributed by atoms with van der Waals surface area (Å²) in [7, 11) is 0. The van der Waals surface area contributed by atoms with E-state index in [0.29, 0.717) is 0 Å². The summed E-state index contributed by atoms with van der Waals surface area (Å²) in [5.74, 6) is 0.0193. The van der Waals surface area contributed by atoms with Crippen LogP contribution >= 0.6 is 0 Å². The second-order valence-electron chi connectivity index (χ2n) is 12.0. The molecule has 0 heterocycles. The Morgan fingerprint density at radius 1 is 0.513 bits per heavy atom. The van der Waals surface area contributed by atoms with Crippen LogP contribution in [0.1, 0.15) is 174 Å². The second kappa shape index (κ2) is 26.6. The smallest absolute Gasteiger partial charge is 0.243 e. The quantitative estimate of drug-likeness (QED) is 0.0840. The molecule has 4 heteroatoms. The van der Waals surface area contributed by atoms with Gasteiger partial charge in [-0.15, -0.1) is 0 Å². The van der Waals surface area contributed by atoms with Crippen molar-refractivity contribution in [3.63, 3.8) is 0 Å². The molecule has 2 atom stereocenters. The fourth-order valence-electron chi connectivity index (χ4n) is 5.62. The molecule has 1 aliphatic rings. The standard InChI is InChI=1S/C35H64N2O2/c1-3-5-7-9-11-13-15-17-19-21-23-25-27-34(38)36-32-29-30-33(31-32)37-35(39)28-26-24-22-20-18-16-14-12-10-8-6-4-2/h25-28,32-33H,3-24,29-31H2,1-2H3,(H,36,38)(H,37,39). The Morgan fingerprint density at radius 2 is 0.821 bits per heavy atom. The number of carbonyl (C=O) groups excluding carboxylic acids is 2. The molecule has 0 saturated heterocycles. The molecule has 0 bridgehead atoms. The zero-order valence-corrected chi connectivity index (χ0v) is 26.0. The minimum Gasteiger partial charge on any atom is -0.350 e. The van der Waals surface area contributed by atoms with Crippen molar-refractivity contribution in [2.45, 2.75) is 186 Å². The van der Waals surface area contributed by atoms with E-state index in [4.69, 9.17) is 0 Å². The van der Waals surface area contributed by atoms with Gasteiger partial charge < -0.3 is 10.6 Å². The number of rotatable bonds is 26. The summed E-state index contributed by atoms with van der Waals surface area (Å²) in [5.41, 5.74) is 0. The minimum absolute atomic E-state index is 0.00967. The van der Waals surface area contributed by atoms with Crippen molar-refractivity contribution in [1.29, 1.82) is 0 Å². The predicted octanol–water partition coefficient (Wildman–Crippen LogP) is 9.87. The summed E-state index contributed by atoms with van der Waals surface area (Å²) >= 11 is 0. The first-order valence-corrected chi connectivity index (χ1v) is 17.1. The van der Waals surface area contributed by atoms with Gasteiger partial charge in [0.2, 0.25) is 11.8 Å². The van der Waals surface area contributed by atoms with E-state index < -0.39 is 0 Å². The molecule has 39 heavy (non-hydrogen) atoms. The lowest BCUT2D eigenvalue weighted by molar-refractivity contribution is -0.117. The molecule has 2 unspecified atom stereocenters. The van der Waals surface area contributed by atoms with Crippen molar-refractivity contribution in [2.24, 2.45) is 0 Å². The Hall–Kier alpha value is -1.58. The average Bonchev–Trinajstić information content (AvgIpc) is 3.36.